The fourth-order valence-corrected chi connectivity index (χ4v) is 15.8. The number of anilines is 7. The predicted molar refractivity (Wildman–Crippen MR) is 409 cm³/mol. The summed E-state index contributed by atoms with van der Waals surface area (Å²) in [5, 5.41) is 4.63. The first-order chi connectivity index (χ1) is 48.1. The Hall–Kier alpha value is -10.5. The van der Waals surface area contributed by atoms with Crippen LogP contribution in [0.5, 0.6) is 0 Å². The maximum atomic E-state index is 7.69. The second-order valence-electron chi connectivity index (χ2n) is 26.8. The Morgan fingerprint density at radius 2 is 0.670 bits per heavy atom. The van der Waals surface area contributed by atoms with Crippen molar-refractivity contribution in [3.63, 3.8) is 0 Å². The second kappa shape index (κ2) is 24.6. The molecule has 8 aliphatic heterocycles. The topological polar surface area (TPSA) is 91.4 Å². The summed E-state index contributed by atoms with van der Waals surface area (Å²) < 4.78 is 47.7. The van der Waals surface area contributed by atoms with Crippen LogP contribution in [0.3, 0.4) is 0 Å². The van der Waals surface area contributed by atoms with Crippen molar-refractivity contribution in [3.8, 4) is 0 Å². The van der Waals surface area contributed by atoms with E-state index in [2.05, 4.69) is 278 Å². The highest BCUT2D eigenvalue weighted by molar-refractivity contribution is 6.76. The number of benzene rings is 6. The molecule has 0 saturated carbocycles. The average Bonchev–Trinajstić information content (AvgIpc) is 1.56. The molecule has 0 bridgehead atoms. The first-order valence-electron chi connectivity index (χ1n) is 35.1. The zero-order chi connectivity index (χ0) is 69.9. The van der Waals surface area contributed by atoms with Crippen molar-refractivity contribution < 1.29 is 21.8 Å². The molecule has 8 aliphatic rings. The van der Waals surface area contributed by atoms with Crippen LogP contribution in [-0.4, -0.2) is 126 Å². The van der Waals surface area contributed by atoms with Crippen molar-refractivity contribution in [1.82, 2.24) is 24.2 Å². The molecule has 0 saturated heterocycles. The lowest BCUT2D eigenvalue weighted by Gasteiger charge is -2.39. The molecule has 4 aromatic heterocycles. The maximum Gasteiger partial charge on any atom is 0.410 e. The van der Waals surface area contributed by atoms with Crippen molar-refractivity contribution >= 4 is 137 Å². The summed E-state index contributed by atoms with van der Waals surface area (Å²) in [7, 11) is 12.6. The normalized spacial score (nSPS) is 20.5. The molecule has 0 aliphatic carbocycles. The third kappa shape index (κ3) is 10.4. The van der Waals surface area contributed by atoms with Crippen LogP contribution in [0.4, 0.5) is 40.6 Å². The number of rotatable bonds is 5. The maximum absolute atomic E-state index is 7.69. The summed E-state index contributed by atoms with van der Waals surface area (Å²) in [6.07, 6.45) is 21.7. The van der Waals surface area contributed by atoms with E-state index >= 15 is 0 Å². The molecule has 4 atom stereocenters. The summed E-state index contributed by atoms with van der Waals surface area (Å²) in [5.74, 6) is 3.64. The van der Waals surface area contributed by atoms with Gasteiger partial charge in [0.05, 0.1) is 36.0 Å². The monoisotopic (exact) mass is 1290 g/mol. The van der Waals surface area contributed by atoms with E-state index in [0.717, 1.165) is 62.3 Å². The van der Waals surface area contributed by atoms with E-state index in [0.29, 0.717) is 6.17 Å². The number of fused-ring (bicyclic) bond motifs is 13. The van der Waals surface area contributed by atoms with Crippen molar-refractivity contribution in [2.45, 2.75) is 80.1 Å². The predicted octanol–water partition coefficient (Wildman–Crippen LogP) is 16.3. The van der Waals surface area contributed by atoms with E-state index in [-0.39, 0.29) is 46.4 Å². The number of allylic oxidation sites excluding steroid dienone is 4. The highest BCUT2D eigenvalue weighted by atomic mass is 16.4. The summed E-state index contributed by atoms with van der Waals surface area (Å²) in [4.78, 5) is 26.4. The van der Waals surface area contributed by atoms with Crippen LogP contribution < -0.4 is 33.9 Å². The van der Waals surface area contributed by atoms with E-state index in [1.165, 1.54) is 71.2 Å². The van der Waals surface area contributed by atoms with Gasteiger partial charge in [0.1, 0.15) is 22.3 Å². The summed E-state index contributed by atoms with van der Waals surface area (Å²) in [6, 6.07) is 51.9. The number of hydrogen-bond donors (Lipinski definition) is 0. The number of nitrogens with zero attached hydrogens (tertiary/aromatic N) is 12. The molecular weight excluding hydrogens is 1200 g/mol. The lowest BCUT2D eigenvalue weighted by molar-refractivity contribution is 0.272. The second-order valence-corrected chi connectivity index (χ2v) is 26.8. The SMILES string of the molecule is CC1=Cc2c(oc3ccccc23)N(C)B1N1C=CN(C)[C@@H]1C.CC1=Cc2c(oc3ccccc23)N(C)B1N1C=CN(c2ccccc2)[C@@H]1C.CC1=Cc2c(oc3ccccc23)N(C)B1N1c2ccccc2N(C)[C@@H]1C.[2H]C([2H])([2H])N1C=CN(B2C(C)=Cc3c(oc4ccccc34)N2C)[C@H]1C. The highest BCUT2D eigenvalue weighted by Crippen LogP contribution is 2.47. The third-order valence-corrected chi connectivity index (χ3v) is 21.0. The van der Waals surface area contributed by atoms with E-state index in [1.807, 2.05) is 79.6 Å². The zero-order valence-corrected chi connectivity index (χ0v) is 57.8. The van der Waals surface area contributed by atoms with Crippen molar-refractivity contribution in [2.75, 3.05) is 83.1 Å². The van der Waals surface area contributed by atoms with E-state index in [9.17, 15) is 0 Å². The lowest BCUT2D eigenvalue weighted by Crippen LogP contribution is -2.58. The Labute approximate surface area is 576 Å². The van der Waals surface area contributed by atoms with Crippen LogP contribution in [0.15, 0.2) is 228 Å². The summed E-state index contributed by atoms with van der Waals surface area (Å²) >= 11 is 0. The highest BCUT2D eigenvalue weighted by Gasteiger charge is 2.46. The number of hydrogen-bond acceptors (Lipinski definition) is 16. The largest absolute Gasteiger partial charge is 0.441 e. The minimum absolute atomic E-state index is 0.0911. The lowest BCUT2D eigenvalue weighted by atomic mass is 9.61. The Balaban J connectivity index is 0.000000109. The number of furan rings is 4. The zero-order valence-electron chi connectivity index (χ0n) is 60.8. The van der Waals surface area contributed by atoms with Crippen LogP contribution in [0, 0.1) is 0 Å². The van der Waals surface area contributed by atoms with Crippen LogP contribution in [0.25, 0.3) is 68.2 Å². The average molecular weight is 1290 g/mol. The Morgan fingerprint density at radius 3 is 1.06 bits per heavy atom. The molecule has 0 fully saturated rings. The van der Waals surface area contributed by atoms with Crippen LogP contribution in [0.1, 0.15) is 81.8 Å². The Morgan fingerprint density at radius 1 is 0.340 bits per heavy atom. The minimum Gasteiger partial charge on any atom is -0.441 e. The Kier molecular flexibility index (Phi) is 15.0. The van der Waals surface area contributed by atoms with E-state index < -0.39 is 6.98 Å². The first-order valence-corrected chi connectivity index (χ1v) is 33.6. The molecule has 10 aromatic rings. The van der Waals surface area contributed by atoms with Gasteiger partial charge in [-0.25, -0.2) is 0 Å². The van der Waals surface area contributed by atoms with Gasteiger partial charge in [-0.1, -0.05) is 149 Å². The van der Waals surface area contributed by atoms with Gasteiger partial charge in [-0.15, -0.1) is 0 Å². The molecule has 0 unspecified atom stereocenters. The van der Waals surface area contributed by atoms with Crippen molar-refractivity contribution in [3.05, 3.63) is 233 Å². The molecule has 0 spiro atoms. The standard InChI is InChI=1S/C22H22BN3O.C21H22BN3O.2C17H20BN3O/c1-16-15-20-19-11-7-8-12-21(19)27-22(20)24(3)23(16)26-14-13-25(17(26)2)18-9-5-4-6-10-18;1-14-13-17-16-9-5-8-12-20(16)26-21(17)24(4)22(14)25-15(2)23(3)18-10-6-7-11-19(18)25;2*1-12-11-15-14-7-5-6-8-16(14)22-17(15)20(4)18(12)21-10-9-19(3)13(21)2/h4-15,17H,1-3H3;5-13,15H,1-4H3;2*5-11,13H,1-4H3/t17-;15-;2*13-/m0000/s1/i;;3D3;. The number of para-hydroxylation sites is 7. The van der Waals surface area contributed by atoms with E-state index in [1.54, 1.807) is 6.20 Å². The summed E-state index contributed by atoms with van der Waals surface area (Å²) in [5.41, 5.74) is 17.2. The van der Waals surface area contributed by atoms with Crippen LogP contribution in [-0.2, 0) is 0 Å². The molecule has 0 radical (unpaired) electrons. The third-order valence-electron chi connectivity index (χ3n) is 21.0. The van der Waals surface area contributed by atoms with Crippen molar-refractivity contribution in [1.29, 1.82) is 0 Å². The fourth-order valence-electron chi connectivity index (χ4n) is 15.8. The van der Waals surface area contributed by atoms with Gasteiger partial charge in [-0.2, -0.15) is 0 Å². The fraction of sp³-hybridized carbons (Fsp3) is 0.247. The molecular formula is C77H84B4N12O4. The smallest absolute Gasteiger partial charge is 0.410 e. The van der Waals surface area contributed by atoms with Gasteiger partial charge in [-0.3, -0.25) is 0 Å². The minimum atomic E-state index is -2.15. The molecule has 18 rings (SSSR count). The molecule has 0 N–H and O–H groups in total. The molecule has 12 heterocycles. The van der Waals surface area contributed by atoms with Gasteiger partial charge < -0.3 is 75.8 Å². The van der Waals surface area contributed by atoms with Gasteiger partial charge in [0.15, 0.2) is 23.5 Å². The quantitative estimate of drug-likeness (QED) is 0.153. The van der Waals surface area contributed by atoms with Crippen molar-refractivity contribution in [2.24, 2.45) is 0 Å². The Bertz CT molecular complexity index is 5020. The van der Waals surface area contributed by atoms with Gasteiger partial charge in [-0.05, 0) is 132 Å². The molecule has 0 amide bonds. The molecule has 16 nitrogen and oxygen atoms in total. The van der Waals surface area contributed by atoms with E-state index in [4.69, 9.17) is 21.8 Å². The van der Waals surface area contributed by atoms with Gasteiger partial charge in [0, 0.05) is 112 Å². The van der Waals surface area contributed by atoms with Crippen LogP contribution in [0.2, 0.25) is 0 Å². The molecule has 20 heteroatoms. The van der Waals surface area contributed by atoms with Crippen LogP contribution >= 0.6 is 0 Å². The molecule has 6 aromatic carbocycles. The van der Waals surface area contributed by atoms with Gasteiger partial charge in [0.25, 0.3) is 0 Å². The summed E-state index contributed by atoms with van der Waals surface area (Å²) in [6.45, 7) is 15.5. The molecule has 488 valence electrons. The molecule has 97 heavy (non-hydrogen) atoms. The first kappa shape index (κ1) is 59.0. The van der Waals surface area contributed by atoms with Gasteiger partial charge in [0.2, 0.25) is 0 Å². The van der Waals surface area contributed by atoms with Gasteiger partial charge >= 0.3 is 27.9 Å².